The molecule has 18 heavy (non-hydrogen) atoms. The first-order valence-electron chi connectivity index (χ1n) is 6.39. The smallest absolute Gasteiger partial charge is 0.311 e. The van der Waals surface area contributed by atoms with Gasteiger partial charge in [-0.3, -0.25) is 9.59 Å². The van der Waals surface area contributed by atoms with E-state index in [1.807, 2.05) is 6.92 Å². The number of carboxylic acid groups (broad SMARTS) is 1. The molecule has 2 aliphatic rings. The van der Waals surface area contributed by atoms with Crippen LogP contribution in [0.15, 0.2) is 0 Å². The highest BCUT2D eigenvalue weighted by atomic mass is 16.5. The monoisotopic (exact) mass is 256 g/mol. The van der Waals surface area contributed by atoms with Crippen molar-refractivity contribution in [3.8, 4) is 0 Å². The first kappa shape index (κ1) is 13.3. The Morgan fingerprint density at radius 1 is 1.39 bits per heavy atom. The van der Waals surface area contributed by atoms with Crippen LogP contribution in [0.25, 0.3) is 0 Å². The maximum absolute atomic E-state index is 12.2. The van der Waals surface area contributed by atoms with Crippen LogP contribution < -0.4 is 10.6 Å². The van der Waals surface area contributed by atoms with Gasteiger partial charge < -0.3 is 20.5 Å². The first-order valence-corrected chi connectivity index (χ1v) is 6.39. The van der Waals surface area contributed by atoms with Gasteiger partial charge in [0.05, 0.1) is 24.8 Å². The van der Waals surface area contributed by atoms with Crippen molar-refractivity contribution in [3.63, 3.8) is 0 Å². The van der Waals surface area contributed by atoms with Crippen molar-refractivity contribution in [1.29, 1.82) is 0 Å². The molecule has 0 spiro atoms. The lowest BCUT2D eigenvalue weighted by Gasteiger charge is -2.34. The summed E-state index contributed by atoms with van der Waals surface area (Å²) < 4.78 is 5.14. The van der Waals surface area contributed by atoms with Crippen LogP contribution in [0, 0.1) is 5.92 Å². The van der Waals surface area contributed by atoms with Crippen molar-refractivity contribution in [2.45, 2.75) is 37.8 Å². The molecule has 3 atom stereocenters. The molecule has 2 aliphatic heterocycles. The van der Waals surface area contributed by atoms with E-state index in [1.54, 1.807) is 0 Å². The van der Waals surface area contributed by atoms with E-state index in [2.05, 4.69) is 10.6 Å². The number of hydrogen-bond acceptors (Lipinski definition) is 4. The van der Waals surface area contributed by atoms with Crippen molar-refractivity contribution in [1.82, 2.24) is 10.6 Å². The van der Waals surface area contributed by atoms with Crippen LogP contribution in [0.4, 0.5) is 0 Å². The van der Waals surface area contributed by atoms with Crippen LogP contribution in [0.5, 0.6) is 0 Å². The van der Waals surface area contributed by atoms with Crippen LogP contribution in [0.2, 0.25) is 0 Å². The zero-order chi connectivity index (χ0) is 13.2. The number of hydrogen-bond donors (Lipinski definition) is 3. The van der Waals surface area contributed by atoms with E-state index in [1.165, 1.54) is 0 Å². The van der Waals surface area contributed by atoms with Crippen LogP contribution in [0.1, 0.15) is 26.2 Å². The van der Waals surface area contributed by atoms with Crippen LogP contribution in [-0.4, -0.2) is 48.3 Å². The minimum atomic E-state index is -0.917. The second-order valence-corrected chi connectivity index (χ2v) is 5.28. The van der Waals surface area contributed by atoms with E-state index in [0.29, 0.717) is 0 Å². The third kappa shape index (κ3) is 2.64. The topological polar surface area (TPSA) is 87.7 Å². The molecule has 0 saturated carbocycles. The molecule has 0 aromatic carbocycles. The lowest BCUT2D eigenvalue weighted by atomic mass is 9.89. The number of rotatable bonds is 3. The van der Waals surface area contributed by atoms with Crippen molar-refractivity contribution in [2.24, 2.45) is 5.92 Å². The maximum atomic E-state index is 12.2. The summed E-state index contributed by atoms with van der Waals surface area (Å²) in [5.41, 5.74) is -0.579. The Bertz CT molecular complexity index is 339. The van der Waals surface area contributed by atoms with E-state index >= 15 is 0 Å². The summed E-state index contributed by atoms with van der Waals surface area (Å²) in [5, 5.41) is 15.1. The van der Waals surface area contributed by atoms with Crippen molar-refractivity contribution in [2.75, 3.05) is 19.8 Å². The molecule has 2 saturated heterocycles. The van der Waals surface area contributed by atoms with Crippen molar-refractivity contribution >= 4 is 11.9 Å². The van der Waals surface area contributed by atoms with E-state index in [4.69, 9.17) is 9.84 Å². The van der Waals surface area contributed by atoms with Crippen molar-refractivity contribution < 1.29 is 19.4 Å². The molecule has 6 heteroatoms. The average molecular weight is 256 g/mol. The Hall–Kier alpha value is -1.14. The number of carbonyl (C=O) groups excluding carboxylic acids is 1. The van der Waals surface area contributed by atoms with E-state index in [0.717, 1.165) is 25.8 Å². The summed E-state index contributed by atoms with van der Waals surface area (Å²) in [6, 6.07) is -0.421. The van der Waals surface area contributed by atoms with Crippen LogP contribution in [-0.2, 0) is 14.3 Å². The molecule has 0 aliphatic carbocycles. The quantitative estimate of drug-likeness (QED) is 0.647. The Morgan fingerprint density at radius 3 is 2.78 bits per heavy atom. The molecule has 0 radical (unpaired) electrons. The lowest BCUT2D eigenvalue weighted by molar-refractivity contribution is -0.142. The molecule has 2 fully saturated rings. The van der Waals surface area contributed by atoms with Gasteiger partial charge in [0, 0.05) is 0 Å². The van der Waals surface area contributed by atoms with Gasteiger partial charge >= 0.3 is 5.97 Å². The summed E-state index contributed by atoms with van der Waals surface area (Å²) in [5.74, 6) is -1.68. The molecule has 0 aromatic heterocycles. The number of amides is 1. The molecule has 0 aromatic rings. The molecule has 0 bridgehead atoms. The predicted molar refractivity (Wildman–Crippen MR) is 64.1 cm³/mol. The largest absolute Gasteiger partial charge is 0.481 e. The normalized spacial score (nSPS) is 36.3. The van der Waals surface area contributed by atoms with E-state index in [9.17, 15) is 9.59 Å². The Balaban J connectivity index is 1.96. The minimum absolute atomic E-state index is 0.121. The number of carboxylic acids is 1. The summed E-state index contributed by atoms with van der Waals surface area (Å²) in [6.45, 7) is 3.14. The Morgan fingerprint density at radius 2 is 2.17 bits per heavy atom. The fourth-order valence-corrected chi connectivity index (χ4v) is 2.52. The number of nitrogens with one attached hydrogen (secondary N) is 2. The summed E-state index contributed by atoms with van der Waals surface area (Å²) >= 11 is 0. The first-order chi connectivity index (χ1) is 8.53. The standard InChI is InChI=1S/C12H20N2O4/c1-12(4-2-3-5-13-12)11(17)14-9-7-18-6-8(9)10(15)16/h8-9,13H,2-7H2,1H3,(H,14,17)(H,15,16). The van der Waals surface area contributed by atoms with Gasteiger partial charge in [0.1, 0.15) is 5.92 Å². The van der Waals surface area contributed by atoms with Gasteiger partial charge in [0.25, 0.3) is 0 Å². The number of piperidine rings is 1. The highest BCUT2D eigenvalue weighted by Gasteiger charge is 2.40. The van der Waals surface area contributed by atoms with Crippen LogP contribution >= 0.6 is 0 Å². The molecular weight excluding hydrogens is 236 g/mol. The zero-order valence-electron chi connectivity index (χ0n) is 10.6. The highest BCUT2D eigenvalue weighted by molar-refractivity contribution is 5.87. The predicted octanol–water partition coefficient (Wildman–Crippen LogP) is -0.266. The fourth-order valence-electron chi connectivity index (χ4n) is 2.52. The summed E-state index contributed by atoms with van der Waals surface area (Å²) in [7, 11) is 0. The lowest BCUT2D eigenvalue weighted by Crippen LogP contribution is -2.59. The zero-order valence-corrected chi connectivity index (χ0v) is 10.6. The number of ether oxygens (including phenoxy) is 1. The van der Waals surface area contributed by atoms with Gasteiger partial charge in [0.2, 0.25) is 5.91 Å². The average Bonchev–Trinajstić information content (AvgIpc) is 2.78. The third-order valence-electron chi connectivity index (χ3n) is 3.83. The fraction of sp³-hybridized carbons (Fsp3) is 0.833. The second kappa shape index (κ2) is 5.24. The number of carbonyl (C=O) groups is 2. The van der Waals surface area contributed by atoms with Gasteiger partial charge in [-0.05, 0) is 32.7 Å². The molecule has 6 nitrogen and oxygen atoms in total. The minimum Gasteiger partial charge on any atom is -0.481 e. The molecule has 3 unspecified atom stereocenters. The number of aliphatic carboxylic acids is 1. The van der Waals surface area contributed by atoms with E-state index in [-0.39, 0.29) is 19.1 Å². The van der Waals surface area contributed by atoms with E-state index < -0.39 is 23.5 Å². The molecule has 2 heterocycles. The maximum Gasteiger partial charge on any atom is 0.311 e. The van der Waals surface area contributed by atoms with Crippen LogP contribution in [0.3, 0.4) is 0 Å². The van der Waals surface area contributed by atoms with Gasteiger partial charge in [-0.1, -0.05) is 0 Å². The molecule has 2 rings (SSSR count). The molecule has 3 N–H and O–H groups in total. The molecular formula is C12H20N2O4. The van der Waals surface area contributed by atoms with Gasteiger partial charge in [-0.25, -0.2) is 0 Å². The molecule has 1 amide bonds. The van der Waals surface area contributed by atoms with Gasteiger partial charge in [-0.15, -0.1) is 0 Å². The summed E-state index contributed by atoms with van der Waals surface area (Å²) in [6.07, 6.45) is 2.87. The van der Waals surface area contributed by atoms with Crippen molar-refractivity contribution in [3.05, 3.63) is 0 Å². The highest BCUT2D eigenvalue weighted by Crippen LogP contribution is 2.21. The Labute approximate surface area is 106 Å². The Kier molecular flexibility index (Phi) is 3.87. The second-order valence-electron chi connectivity index (χ2n) is 5.28. The van der Waals surface area contributed by atoms with Gasteiger partial charge in [0.15, 0.2) is 0 Å². The van der Waals surface area contributed by atoms with Gasteiger partial charge in [-0.2, -0.15) is 0 Å². The molecule has 102 valence electrons. The summed E-state index contributed by atoms with van der Waals surface area (Å²) in [4.78, 5) is 23.2. The third-order valence-corrected chi connectivity index (χ3v) is 3.83. The SMILES string of the molecule is CC1(C(=O)NC2COCC2C(=O)O)CCCCN1.